The van der Waals surface area contributed by atoms with E-state index in [0.717, 1.165) is 12.8 Å². The SMILES string of the molecule is COc1cccc(C(=O)N2C(C(=O)NC3CC3)COC23CCN(C(=O)c2c(OC)cccc2OC)CC3)c1. The molecule has 1 saturated carbocycles. The molecule has 38 heavy (non-hydrogen) atoms. The molecule has 1 aliphatic carbocycles. The van der Waals surface area contributed by atoms with Gasteiger partial charge in [0.25, 0.3) is 11.8 Å². The van der Waals surface area contributed by atoms with Crippen LogP contribution in [-0.4, -0.2) is 86.4 Å². The van der Waals surface area contributed by atoms with Crippen molar-refractivity contribution in [3.05, 3.63) is 53.6 Å². The van der Waals surface area contributed by atoms with E-state index < -0.39 is 11.8 Å². The van der Waals surface area contributed by atoms with E-state index >= 15 is 0 Å². The van der Waals surface area contributed by atoms with Crippen LogP contribution in [0.2, 0.25) is 0 Å². The highest BCUT2D eigenvalue weighted by molar-refractivity contribution is 6.00. The summed E-state index contributed by atoms with van der Waals surface area (Å²) < 4.78 is 22.4. The maximum atomic E-state index is 13.9. The van der Waals surface area contributed by atoms with Crippen molar-refractivity contribution in [3.63, 3.8) is 0 Å². The first-order valence-electron chi connectivity index (χ1n) is 12.8. The van der Waals surface area contributed by atoms with Crippen molar-refractivity contribution in [1.82, 2.24) is 15.1 Å². The Morgan fingerprint density at radius 3 is 2.18 bits per heavy atom. The van der Waals surface area contributed by atoms with Gasteiger partial charge in [-0.05, 0) is 43.2 Å². The monoisotopic (exact) mass is 523 g/mol. The quantitative estimate of drug-likeness (QED) is 0.594. The van der Waals surface area contributed by atoms with E-state index in [1.54, 1.807) is 59.4 Å². The number of nitrogens with zero attached hydrogens (tertiary/aromatic N) is 2. The second-order valence-electron chi connectivity index (χ2n) is 9.79. The molecule has 1 atom stereocenters. The van der Waals surface area contributed by atoms with Gasteiger partial charge in [0.1, 0.15) is 34.6 Å². The van der Waals surface area contributed by atoms with E-state index in [1.165, 1.54) is 14.2 Å². The molecule has 1 spiro atoms. The van der Waals surface area contributed by atoms with E-state index in [-0.39, 0.29) is 30.4 Å². The first-order valence-corrected chi connectivity index (χ1v) is 12.8. The Balaban J connectivity index is 1.40. The number of ether oxygens (including phenoxy) is 4. The Morgan fingerprint density at radius 2 is 1.58 bits per heavy atom. The standard InChI is InChI=1S/C28H33N3O7/c1-35-20-7-4-6-18(16-20)26(33)31-21(25(32)29-19-10-11-19)17-38-28(31)12-14-30(15-13-28)27(34)24-22(36-2)8-5-9-23(24)37-3/h4-9,16,19,21H,10-15,17H2,1-3H3,(H,29,32). The number of rotatable bonds is 7. The van der Waals surface area contributed by atoms with Crippen molar-refractivity contribution in [2.45, 2.75) is 43.5 Å². The Labute approximate surface area is 221 Å². The van der Waals surface area contributed by atoms with E-state index in [0.29, 0.717) is 54.3 Å². The van der Waals surface area contributed by atoms with Crippen LogP contribution in [0.15, 0.2) is 42.5 Å². The fourth-order valence-corrected chi connectivity index (χ4v) is 5.27. The molecule has 1 N–H and O–H groups in total. The number of hydrogen-bond acceptors (Lipinski definition) is 7. The molecule has 10 nitrogen and oxygen atoms in total. The fraction of sp³-hybridized carbons (Fsp3) is 0.464. The molecule has 3 aliphatic rings. The summed E-state index contributed by atoms with van der Waals surface area (Å²) in [5.41, 5.74) is -0.240. The van der Waals surface area contributed by atoms with E-state index in [1.807, 2.05) is 0 Å². The normalized spacial score (nSPS) is 20.2. The number of nitrogens with one attached hydrogen (secondary N) is 1. The minimum absolute atomic E-state index is 0.0997. The van der Waals surface area contributed by atoms with Crippen LogP contribution in [0.5, 0.6) is 17.2 Å². The Kier molecular flexibility index (Phi) is 7.16. The predicted octanol–water partition coefficient (Wildman–Crippen LogP) is 2.46. The maximum Gasteiger partial charge on any atom is 0.261 e. The molecule has 1 unspecified atom stereocenters. The molecule has 0 aromatic heterocycles. The maximum absolute atomic E-state index is 13.9. The Morgan fingerprint density at radius 1 is 0.921 bits per heavy atom. The minimum Gasteiger partial charge on any atom is -0.497 e. The molecule has 0 bridgehead atoms. The third kappa shape index (κ3) is 4.76. The average molecular weight is 524 g/mol. The average Bonchev–Trinajstić information content (AvgIpc) is 3.70. The van der Waals surface area contributed by atoms with Crippen molar-refractivity contribution in [1.29, 1.82) is 0 Å². The summed E-state index contributed by atoms with van der Waals surface area (Å²) in [5, 5.41) is 3.02. The summed E-state index contributed by atoms with van der Waals surface area (Å²) in [7, 11) is 4.56. The highest BCUT2D eigenvalue weighted by Gasteiger charge is 2.54. The van der Waals surface area contributed by atoms with Crippen LogP contribution in [0.25, 0.3) is 0 Å². The first-order chi connectivity index (χ1) is 18.4. The zero-order valence-electron chi connectivity index (χ0n) is 21.9. The summed E-state index contributed by atoms with van der Waals surface area (Å²) in [5.74, 6) is 0.675. The molecule has 2 saturated heterocycles. The molecule has 2 aromatic carbocycles. The van der Waals surface area contributed by atoms with Gasteiger partial charge in [-0.2, -0.15) is 0 Å². The van der Waals surface area contributed by atoms with E-state index in [9.17, 15) is 14.4 Å². The van der Waals surface area contributed by atoms with Crippen LogP contribution >= 0.6 is 0 Å². The summed E-state index contributed by atoms with van der Waals surface area (Å²) in [6, 6.07) is 11.5. The molecule has 2 heterocycles. The van der Waals surface area contributed by atoms with Gasteiger partial charge >= 0.3 is 0 Å². The summed E-state index contributed by atoms with van der Waals surface area (Å²) in [6.45, 7) is 0.764. The van der Waals surface area contributed by atoms with Crippen LogP contribution < -0.4 is 19.5 Å². The summed E-state index contributed by atoms with van der Waals surface area (Å²) in [6.07, 6.45) is 2.60. The van der Waals surface area contributed by atoms with Crippen LogP contribution in [0.3, 0.4) is 0 Å². The number of hydrogen-bond donors (Lipinski definition) is 1. The van der Waals surface area contributed by atoms with Gasteiger partial charge in [-0.3, -0.25) is 19.3 Å². The molecular weight excluding hydrogens is 490 g/mol. The van der Waals surface area contributed by atoms with Crippen molar-refractivity contribution in [2.75, 3.05) is 41.0 Å². The van der Waals surface area contributed by atoms with Gasteiger partial charge in [-0.25, -0.2) is 0 Å². The molecule has 2 aliphatic heterocycles. The molecular formula is C28H33N3O7. The molecule has 3 fully saturated rings. The number of piperidine rings is 1. The van der Waals surface area contributed by atoms with Crippen LogP contribution in [-0.2, 0) is 9.53 Å². The Hall–Kier alpha value is -3.79. The molecule has 10 heteroatoms. The van der Waals surface area contributed by atoms with Gasteiger partial charge in [0.15, 0.2) is 0 Å². The van der Waals surface area contributed by atoms with Crippen molar-refractivity contribution < 1.29 is 33.3 Å². The topological polar surface area (TPSA) is 107 Å². The van der Waals surface area contributed by atoms with Gasteiger partial charge in [0, 0.05) is 37.5 Å². The van der Waals surface area contributed by atoms with Gasteiger partial charge in [0.2, 0.25) is 5.91 Å². The zero-order valence-corrected chi connectivity index (χ0v) is 21.9. The van der Waals surface area contributed by atoms with E-state index in [2.05, 4.69) is 5.32 Å². The predicted molar refractivity (Wildman–Crippen MR) is 137 cm³/mol. The lowest BCUT2D eigenvalue weighted by molar-refractivity contribution is -0.128. The second-order valence-corrected chi connectivity index (χ2v) is 9.79. The number of amides is 3. The number of carbonyl (C=O) groups is 3. The van der Waals surface area contributed by atoms with Gasteiger partial charge in [-0.1, -0.05) is 12.1 Å². The number of carbonyl (C=O) groups excluding carboxylic acids is 3. The number of benzene rings is 2. The van der Waals surface area contributed by atoms with Crippen molar-refractivity contribution in [3.8, 4) is 17.2 Å². The molecule has 3 amide bonds. The van der Waals surface area contributed by atoms with Crippen molar-refractivity contribution in [2.24, 2.45) is 0 Å². The summed E-state index contributed by atoms with van der Waals surface area (Å²) >= 11 is 0. The van der Waals surface area contributed by atoms with Crippen LogP contribution in [0, 0.1) is 0 Å². The third-order valence-electron chi connectivity index (χ3n) is 7.50. The fourth-order valence-electron chi connectivity index (χ4n) is 5.27. The summed E-state index contributed by atoms with van der Waals surface area (Å²) in [4.78, 5) is 43.9. The highest BCUT2D eigenvalue weighted by Crippen LogP contribution is 2.40. The van der Waals surface area contributed by atoms with Crippen LogP contribution in [0.1, 0.15) is 46.4 Å². The van der Waals surface area contributed by atoms with Gasteiger partial charge in [-0.15, -0.1) is 0 Å². The van der Waals surface area contributed by atoms with E-state index in [4.69, 9.17) is 18.9 Å². The lowest BCUT2D eigenvalue weighted by Gasteiger charge is -2.44. The van der Waals surface area contributed by atoms with Gasteiger partial charge in [0.05, 0.1) is 27.9 Å². The Bertz CT molecular complexity index is 1200. The van der Waals surface area contributed by atoms with Gasteiger partial charge < -0.3 is 29.2 Å². The largest absolute Gasteiger partial charge is 0.497 e. The number of methoxy groups -OCH3 is 3. The molecule has 0 radical (unpaired) electrons. The third-order valence-corrected chi connectivity index (χ3v) is 7.50. The minimum atomic E-state index is -1.01. The smallest absolute Gasteiger partial charge is 0.261 e. The molecule has 5 rings (SSSR count). The van der Waals surface area contributed by atoms with Crippen LogP contribution in [0.4, 0.5) is 0 Å². The molecule has 2 aromatic rings. The lowest BCUT2D eigenvalue weighted by atomic mass is 9.95. The number of likely N-dealkylation sites (tertiary alicyclic amines) is 1. The lowest BCUT2D eigenvalue weighted by Crippen LogP contribution is -2.60. The highest BCUT2D eigenvalue weighted by atomic mass is 16.5. The van der Waals surface area contributed by atoms with Crippen molar-refractivity contribution >= 4 is 17.7 Å². The second kappa shape index (κ2) is 10.5. The molecule has 202 valence electrons. The first kappa shape index (κ1) is 25.8. The zero-order chi connectivity index (χ0) is 26.9.